The molecule has 0 fully saturated rings. The molecule has 2 aromatic rings. The summed E-state index contributed by atoms with van der Waals surface area (Å²) in [5.41, 5.74) is 0.300. The summed E-state index contributed by atoms with van der Waals surface area (Å²) in [6.45, 7) is 0. The number of hydrogen-bond donors (Lipinski definition) is 2. The molecule has 6 heteroatoms. The summed E-state index contributed by atoms with van der Waals surface area (Å²) >= 11 is 0. The molecule has 0 saturated carbocycles. The van der Waals surface area contributed by atoms with Crippen LogP contribution in [0.25, 0.3) is 0 Å². The van der Waals surface area contributed by atoms with Crippen LogP contribution in [0.15, 0.2) is 42.5 Å². The molecule has 0 spiro atoms. The fraction of sp³-hybridized carbons (Fsp3) is 0.133. The van der Waals surface area contributed by atoms with E-state index < -0.39 is 22.1 Å². The Morgan fingerprint density at radius 2 is 1.81 bits per heavy atom. The van der Waals surface area contributed by atoms with E-state index in [1.54, 1.807) is 0 Å². The van der Waals surface area contributed by atoms with E-state index >= 15 is 0 Å². The number of nitrogens with zero attached hydrogens (tertiary/aromatic N) is 1. The topological polar surface area (TPSA) is 101 Å². The van der Waals surface area contributed by atoms with Gasteiger partial charge in [-0.3, -0.25) is 14.9 Å². The molecular weight excluding hydrogens is 274 g/mol. The van der Waals surface area contributed by atoms with Crippen LogP contribution in [0.5, 0.6) is 11.5 Å². The van der Waals surface area contributed by atoms with Crippen LogP contribution < -0.4 is 0 Å². The van der Waals surface area contributed by atoms with Gasteiger partial charge in [0.25, 0.3) is 0 Å². The summed E-state index contributed by atoms with van der Waals surface area (Å²) in [6.07, 6.45) is 0.653. The monoisotopic (exact) mass is 287 g/mol. The standard InChI is InChI=1S/C15H13NO5/c17-13(7-6-10-4-2-1-3-5-10)11-8-12(16(20)21)15(19)14(18)9-11/h1-5,8-9,18-19H,6-7H2. The molecule has 0 atom stereocenters. The summed E-state index contributed by atoms with van der Waals surface area (Å²) < 4.78 is 0. The van der Waals surface area contributed by atoms with Crippen molar-refractivity contribution in [3.8, 4) is 11.5 Å². The minimum Gasteiger partial charge on any atom is -0.504 e. The van der Waals surface area contributed by atoms with E-state index in [2.05, 4.69) is 0 Å². The van der Waals surface area contributed by atoms with E-state index in [-0.39, 0.29) is 17.8 Å². The highest BCUT2D eigenvalue weighted by atomic mass is 16.6. The molecule has 0 radical (unpaired) electrons. The lowest BCUT2D eigenvalue weighted by atomic mass is 10.0. The second kappa shape index (κ2) is 6.04. The molecule has 108 valence electrons. The normalized spacial score (nSPS) is 10.3. The van der Waals surface area contributed by atoms with Gasteiger partial charge in [-0.25, -0.2) is 0 Å². The molecule has 0 amide bonds. The molecule has 2 N–H and O–H groups in total. The number of phenolic OH excluding ortho intramolecular Hbond substituents is 2. The van der Waals surface area contributed by atoms with Gasteiger partial charge < -0.3 is 10.2 Å². The molecule has 6 nitrogen and oxygen atoms in total. The number of carbonyl (C=O) groups excluding carboxylic acids is 1. The zero-order chi connectivity index (χ0) is 15.4. The van der Waals surface area contributed by atoms with E-state index in [4.69, 9.17) is 0 Å². The molecule has 0 unspecified atom stereocenters. The van der Waals surface area contributed by atoms with Gasteiger partial charge >= 0.3 is 5.69 Å². The molecule has 0 heterocycles. The maximum atomic E-state index is 12.0. The number of nitro benzene ring substituents is 1. The fourth-order valence-corrected chi connectivity index (χ4v) is 1.95. The van der Waals surface area contributed by atoms with Crippen molar-refractivity contribution in [1.82, 2.24) is 0 Å². The third kappa shape index (κ3) is 3.36. The van der Waals surface area contributed by atoms with Gasteiger partial charge in [-0.1, -0.05) is 30.3 Å². The van der Waals surface area contributed by atoms with E-state index in [1.165, 1.54) is 0 Å². The molecular formula is C15H13NO5. The molecule has 21 heavy (non-hydrogen) atoms. The number of nitro groups is 1. The first-order valence-corrected chi connectivity index (χ1v) is 6.26. The van der Waals surface area contributed by atoms with Gasteiger partial charge in [0.1, 0.15) is 0 Å². The summed E-state index contributed by atoms with van der Waals surface area (Å²) in [7, 11) is 0. The highest BCUT2D eigenvalue weighted by molar-refractivity contribution is 5.97. The maximum Gasteiger partial charge on any atom is 0.315 e. The first-order chi connectivity index (χ1) is 9.99. The van der Waals surface area contributed by atoms with Crippen LogP contribution in [0.3, 0.4) is 0 Å². The van der Waals surface area contributed by atoms with Gasteiger partial charge in [-0.2, -0.15) is 0 Å². The summed E-state index contributed by atoms with van der Waals surface area (Å²) in [5, 5.41) is 29.6. The van der Waals surface area contributed by atoms with Crippen LogP contribution >= 0.6 is 0 Å². The Morgan fingerprint density at radius 1 is 1.14 bits per heavy atom. The highest BCUT2D eigenvalue weighted by Crippen LogP contribution is 2.36. The van der Waals surface area contributed by atoms with Crippen LogP contribution in [0.2, 0.25) is 0 Å². The zero-order valence-electron chi connectivity index (χ0n) is 11.0. The maximum absolute atomic E-state index is 12.0. The molecule has 0 bridgehead atoms. The third-order valence-corrected chi connectivity index (χ3v) is 3.07. The van der Waals surface area contributed by atoms with Crippen molar-refractivity contribution in [2.24, 2.45) is 0 Å². The van der Waals surface area contributed by atoms with Gasteiger partial charge in [-0.15, -0.1) is 0 Å². The Kier molecular flexibility index (Phi) is 4.18. The van der Waals surface area contributed by atoms with E-state index in [9.17, 15) is 25.1 Å². The number of ketones is 1. The quantitative estimate of drug-likeness (QED) is 0.381. The Bertz CT molecular complexity index is 682. The Labute approximate surface area is 120 Å². The number of aromatic hydroxyl groups is 2. The largest absolute Gasteiger partial charge is 0.504 e. The first-order valence-electron chi connectivity index (χ1n) is 6.26. The Balaban J connectivity index is 2.18. The molecule has 0 aromatic heterocycles. The number of benzene rings is 2. The summed E-state index contributed by atoms with van der Waals surface area (Å²) in [5.74, 6) is -1.84. The fourth-order valence-electron chi connectivity index (χ4n) is 1.95. The van der Waals surface area contributed by atoms with Crippen molar-refractivity contribution >= 4 is 11.5 Å². The van der Waals surface area contributed by atoms with Crippen molar-refractivity contribution in [2.75, 3.05) is 0 Å². The van der Waals surface area contributed by atoms with Crippen LogP contribution in [0.4, 0.5) is 5.69 Å². The van der Waals surface area contributed by atoms with Gasteiger partial charge in [0.05, 0.1) is 4.92 Å². The molecule has 0 saturated heterocycles. The summed E-state index contributed by atoms with van der Waals surface area (Å²) in [6, 6.07) is 11.4. The van der Waals surface area contributed by atoms with Crippen LogP contribution in [-0.2, 0) is 6.42 Å². The smallest absolute Gasteiger partial charge is 0.315 e. The SMILES string of the molecule is O=C(CCc1ccccc1)c1cc(O)c(O)c([N+](=O)[O-])c1. The summed E-state index contributed by atoms with van der Waals surface area (Å²) in [4.78, 5) is 21.9. The minimum atomic E-state index is -0.844. The molecule has 0 aliphatic rings. The third-order valence-electron chi connectivity index (χ3n) is 3.07. The van der Waals surface area contributed by atoms with E-state index in [0.717, 1.165) is 17.7 Å². The zero-order valence-corrected chi connectivity index (χ0v) is 11.0. The van der Waals surface area contributed by atoms with Crippen molar-refractivity contribution in [2.45, 2.75) is 12.8 Å². The molecule has 0 aliphatic heterocycles. The minimum absolute atomic E-state index is 0.00734. The second-order valence-electron chi connectivity index (χ2n) is 4.53. The van der Waals surface area contributed by atoms with Gasteiger partial charge in [0, 0.05) is 18.1 Å². The molecule has 0 aliphatic carbocycles. The van der Waals surface area contributed by atoms with Gasteiger partial charge in [0.15, 0.2) is 11.5 Å². The van der Waals surface area contributed by atoms with Gasteiger partial charge in [-0.05, 0) is 18.1 Å². The predicted octanol–water partition coefficient (Wildman–Crippen LogP) is 2.82. The van der Waals surface area contributed by atoms with Crippen molar-refractivity contribution in [3.63, 3.8) is 0 Å². The number of carbonyl (C=O) groups is 1. The average molecular weight is 287 g/mol. The average Bonchev–Trinajstić information content (AvgIpc) is 2.48. The van der Waals surface area contributed by atoms with E-state index in [0.29, 0.717) is 6.42 Å². The van der Waals surface area contributed by atoms with Crippen LogP contribution in [0.1, 0.15) is 22.3 Å². The molecule has 2 rings (SSSR count). The Hall–Kier alpha value is -2.89. The van der Waals surface area contributed by atoms with Crippen molar-refractivity contribution < 1.29 is 19.9 Å². The first kappa shape index (κ1) is 14.5. The lowest BCUT2D eigenvalue weighted by Crippen LogP contribution is -2.02. The second-order valence-corrected chi connectivity index (χ2v) is 4.53. The van der Waals surface area contributed by atoms with Crippen LogP contribution in [-0.4, -0.2) is 20.9 Å². The number of aryl methyl sites for hydroxylation is 1. The lowest BCUT2D eigenvalue weighted by Gasteiger charge is -2.04. The van der Waals surface area contributed by atoms with Crippen molar-refractivity contribution in [1.29, 1.82) is 0 Å². The molecule has 2 aromatic carbocycles. The Morgan fingerprint density at radius 3 is 2.43 bits per heavy atom. The van der Waals surface area contributed by atoms with E-state index in [1.807, 2.05) is 30.3 Å². The number of rotatable bonds is 5. The van der Waals surface area contributed by atoms with Crippen molar-refractivity contribution in [3.05, 3.63) is 63.7 Å². The van der Waals surface area contributed by atoms with Crippen LogP contribution in [0, 0.1) is 10.1 Å². The highest BCUT2D eigenvalue weighted by Gasteiger charge is 2.21. The number of hydrogen-bond acceptors (Lipinski definition) is 5. The lowest BCUT2D eigenvalue weighted by molar-refractivity contribution is -0.386. The number of phenols is 2. The predicted molar refractivity (Wildman–Crippen MR) is 75.5 cm³/mol. The van der Waals surface area contributed by atoms with Gasteiger partial charge in [0.2, 0.25) is 5.75 Å². The number of Topliss-reactive ketones (excluding diaryl/α,β-unsaturated/α-hetero) is 1.